The number of hydrogen-bond acceptors (Lipinski definition) is 12. The summed E-state index contributed by atoms with van der Waals surface area (Å²) in [7, 11) is -4.74. The molecule has 3 N–H and O–H groups in total. The van der Waals surface area contributed by atoms with Gasteiger partial charge in [0.15, 0.2) is 5.75 Å². The lowest BCUT2D eigenvalue weighted by atomic mass is 9.59. The van der Waals surface area contributed by atoms with Crippen molar-refractivity contribution in [2.45, 2.75) is 126 Å². The minimum atomic E-state index is -4.74. The Morgan fingerprint density at radius 1 is 1.06 bits per heavy atom. The molecule has 2 saturated heterocycles. The van der Waals surface area contributed by atoms with E-state index in [1.807, 2.05) is 6.92 Å². The van der Waals surface area contributed by atoms with E-state index in [1.165, 1.54) is 48.5 Å². The van der Waals surface area contributed by atoms with Gasteiger partial charge in [0.1, 0.15) is 35.7 Å². The molecule has 5 aliphatic rings. The number of nitrogens with one attached hydrogen (secondary N) is 2. The fourth-order valence-corrected chi connectivity index (χ4v) is 12.6. The van der Waals surface area contributed by atoms with Gasteiger partial charge in [-0.2, -0.15) is 0 Å². The van der Waals surface area contributed by atoms with Crippen molar-refractivity contribution in [3.8, 4) is 23.0 Å². The summed E-state index contributed by atoms with van der Waals surface area (Å²) in [5.74, 6) is -1.06. The molecular weight excluding hydrogens is 892 g/mol. The average Bonchev–Trinajstić information content (AvgIpc) is 3.94. The first kappa shape index (κ1) is 46.0. The van der Waals surface area contributed by atoms with Gasteiger partial charge < -0.3 is 29.2 Å². The number of aliphatic hydroxyl groups is 1. The molecule has 2 aromatic heterocycles. The number of halogens is 1. The molecule has 3 aromatic carbocycles. The van der Waals surface area contributed by atoms with E-state index < -0.39 is 49.0 Å². The molecule has 17 heteroatoms. The van der Waals surface area contributed by atoms with Crippen LogP contribution in [0, 0.1) is 27.3 Å². The molecule has 15 nitrogen and oxygen atoms in total. The maximum Gasteiger partial charge on any atom is 0.316 e. The number of aromatic nitrogens is 2. The Balaban J connectivity index is 0.853. The molecule has 5 heterocycles. The number of pyridine rings is 1. The van der Waals surface area contributed by atoms with Gasteiger partial charge in [-0.1, -0.05) is 38.1 Å². The van der Waals surface area contributed by atoms with Crippen LogP contribution >= 0.6 is 0 Å². The quantitative estimate of drug-likeness (QED) is 0.0795. The van der Waals surface area contributed by atoms with Crippen molar-refractivity contribution >= 4 is 38.3 Å². The van der Waals surface area contributed by atoms with Gasteiger partial charge in [-0.15, -0.1) is 0 Å². The normalized spacial score (nSPS) is 24.0. The van der Waals surface area contributed by atoms with E-state index in [9.17, 15) is 32.8 Å². The molecule has 0 radical (unpaired) electrons. The Kier molecular flexibility index (Phi) is 12.1. The average molecular weight is 951 g/mol. The van der Waals surface area contributed by atoms with Crippen molar-refractivity contribution in [1.82, 2.24) is 19.6 Å². The number of likely N-dealkylation sites (tertiary alicyclic amines) is 1. The number of sulfonamides is 1. The first-order chi connectivity index (χ1) is 32.5. The lowest BCUT2D eigenvalue weighted by molar-refractivity contribution is -0.386. The molecule has 68 heavy (non-hydrogen) atoms. The fraction of sp³-hybridized carbons (Fsp3) is 0.490. The molecule has 5 aromatic rings. The van der Waals surface area contributed by atoms with Crippen LogP contribution in [0.4, 0.5) is 15.8 Å². The Bertz CT molecular complexity index is 2840. The smallest absolute Gasteiger partial charge is 0.316 e. The molecule has 2 saturated carbocycles. The van der Waals surface area contributed by atoms with Crippen LogP contribution in [0.2, 0.25) is 0 Å². The molecule has 360 valence electrons. The molecule has 0 bridgehead atoms. The fourth-order valence-electron chi connectivity index (χ4n) is 11.6. The molecule has 2 aliphatic carbocycles. The van der Waals surface area contributed by atoms with E-state index in [2.05, 4.69) is 62.6 Å². The highest BCUT2D eigenvalue weighted by Crippen LogP contribution is 2.54. The highest BCUT2D eigenvalue weighted by molar-refractivity contribution is 7.90. The van der Waals surface area contributed by atoms with Crippen LogP contribution in [0.5, 0.6) is 23.0 Å². The molecule has 0 unspecified atom stereocenters. The number of nitro benzene ring substituents is 1. The van der Waals surface area contributed by atoms with Crippen molar-refractivity contribution in [2.24, 2.45) is 11.3 Å². The van der Waals surface area contributed by atoms with Gasteiger partial charge in [0.05, 0.1) is 32.6 Å². The highest BCUT2D eigenvalue weighted by Gasteiger charge is 2.50. The van der Waals surface area contributed by atoms with Crippen molar-refractivity contribution < 1.29 is 41.8 Å². The number of H-pyrrole nitrogens is 1. The maximum absolute atomic E-state index is 14.7. The van der Waals surface area contributed by atoms with E-state index in [-0.39, 0.29) is 51.9 Å². The predicted octanol–water partition coefficient (Wildman–Crippen LogP) is 9.70. The van der Waals surface area contributed by atoms with Crippen LogP contribution in [0.3, 0.4) is 0 Å². The van der Waals surface area contributed by atoms with Crippen LogP contribution in [0.15, 0.2) is 78.0 Å². The Labute approximate surface area is 395 Å². The number of rotatable bonds is 12. The number of ether oxygens (including phenoxy) is 3. The topological polar surface area (TPSA) is 189 Å². The van der Waals surface area contributed by atoms with Gasteiger partial charge in [-0.05, 0) is 131 Å². The number of amides is 1. The number of benzene rings is 3. The van der Waals surface area contributed by atoms with Crippen molar-refractivity contribution in [1.29, 1.82) is 0 Å². The molecule has 1 amide bonds. The standard InChI is InChI=1S/C51H59FN6O9S/c1-31(2)38-7-4-5-8-39(38)43-9-6-18-57(43)34-26-51(27-34)16-19-56(20-17-51)33-10-11-40(45(22-33)66-35-23-41-42(52)29-54-48(41)53-28-35)49(59)55-68(63,64)37-24-44(58(61)62)47-46(25-37)65-30-36(67-47)21-32-12-14-50(3,60)15-13-32/h4-5,7-8,10-11,22-25,28-29,31-32,34,36,43,60H,6,9,12-21,26-27,30H2,1-3H3,(H,53,54)(H,55,59)/t32?,36-,43-,50?/m1/s1. The number of fused-ring (bicyclic) bond motifs is 2. The van der Waals surface area contributed by atoms with Gasteiger partial charge in [0.2, 0.25) is 5.75 Å². The lowest BCUT2D eigenvalue weighted by Gasteiger charge is -2.56. The number of piperidine rings is 1. The first-order valence-electron chi connectivity index (χ1n) is 24.0. The second-order valence-electron chi connectivity index (χ2n) is 20.4. The number of hydrogen-bond donors (Lipinski definition) is 3. The second-order valence-corrected chi connectivity index (χ2v) is 22.1. The zero-order valence-corrected chi connectivity index (χ0v) is 39.5. The summed E-state index contributed by atoms with van der Waals surface area (Å²) in [6, 6.07) is 18.3. The van der Waals surface area contributed by atoms with Crippen LogP contribution in [0.25, 0.3) is 11.0 Å². The van der Waals surface area contributed by atoms with E-state index in [0.717, 1.165) is 76.0 Å². The Morgan fingerprint density at radius 2 is 1.82 bits per heavy atom. The minimum Gasteiger partial charge on any atom is -0.486 e. The summed E-state index contributed by atoms with van der Waals surface area (Å²) < 4.78 is 62.9. The van der Waals surface area contributed by atoms with Gasteiger partial charge in [0.25, 0.3) is 15.9 Å². The third-order valence-corrected chi connectivity index (χ3v) is 16.7. The third-order valence-electron chi connectivity index (χ3n) is 15.4. The summed E-state index contributed by atoms with van der Waals surface area (Å²) in [4.78, 5) is 37.2. The third kappa shape index (κ3) is 9.11. The zero-order valence-electron chi connectivity index (χ0n) is 38.7. The van der Waals surface area contributed by atoms with Gasteiger partial charge in [0, 0.05) is 55.3 Å². The minimum absolute atomic E-state index is 0.0128. The largest absolute Gasteiger partial charge is 0.486 e. The Morgan fingerprint density at radius 3 is 2.57 bits per heavy atom. The molecule has 2 atom stereocenters. The number of carbonyl (C=O) groups is 1. The number of carbonyl (C=O) groups excluding carboxylic acids is 1. The molecule has 1 spiro atoms. The molecule has 3 aliphatic heterocycles. The SMILES string of the molecule is CC(C)c1ccccc1[C@H]1CCCN1C1CC2(CCN(c3ccc(C(=O)NS(=O)(=O)c4cc5c(c([N+](=O)[O-])c4)O[C@H](CC4CCC(C)(O)CC4)CO5)c(Oc4cnc5[nH]cc(F)c5c4)c3)CC2)C1. The van der Waals surface area contributed by atoms with E-state index >= 15 is 0 Å². The lowest BCUT2D eigenvalue weighted by Crippen LogP contribution is -2.54. The first-order valence-corrected chi connectivity index (χ1v) is 25.5. The van der Waals surface area contributed by atoms with Crippen LogP contribution in [-0.4, -0.2) is 83.2 Å². The predicted molar refractivity (Wildman–Crippen MR) is 254 cm³/mol. The summed E-state index contributed by atoms with van der Waals surface area (Å²) in [6.45, 7) is 9.08. The summed E-state index contributed by atoms with van der Waals surface area (Å²) in [6.07, 6.45) is 12.2. The summed E-state index contributed by atoms with van der Waals surface area (Å²) >= 11 is 0. The highest BCUT2D eigenvalue weighted by atomic mass is 32.2. The number of nitrogens with zero attached hydrogens (tertiary/aromatic N) is 4. The van der Waals surface area contributed by atoms with Crippen molar-refractivity contribution in [3.63, 3.8) is 0 Å². The van der Waals surface area contributed by atoms with E-state index in [1.54, 1.807) is 12.1 Å². The molecule has 4 fully saturated rings. The van der Waals surface area contributed by atoms with Crippen LogP contribution in [-0.2, 0) is 10.0 Å². The number of nitro groups is 1. The van der Waals surface area contributed by atoms with Crippen LogP contribution in [0.1, 0.15) is 125 Å². The van der Waals surface area contributed by atoms with Gasteiger partial charge in [-0.25, -0.2) is 22.5 Å². The van der Waals surface area contributed by atoms with Gasteiger partial charge in [-0.3, -0.25) is 19.8 Å². The van der Waals surface area contributed by atoms with Gasteiger partial charge >= 0.3 is 5.69 Å². The van der Waals surface area contributed by atoms with E-state index in [4.69, 9.17) is 14.2 Å². The van der Waals surface area contributed by atoms with Crippen LogP contribution < -0.4 is 23.8 Å². The molecular formula is C51H59FN6O9S. The summed E-state index contributed by atoms with van der Waals surface area (Å²) in [5, 5.41) is 22.9. The second kappa shape index (κ2) is 17.9. The zero-order chi connectivity index (χ0) is 47.5. The summed E-state index contributed by atoms with van der Waals surface area (Å²) in [5.41, 5.74) is 2.77. The number of anilines is 1. The Hall–Kier alpha value is -5.78. The van der Waals surface area contributed by atoms with E-state index in [0.29, 0.717) is 42.9 Å². The van der Waals surface area contributed by atoms with Crippen molar-refractivity contribution in [2.75, 3.05) is 31.1 Å². The maximum atomic E-state index is 14.7. The molecule has 10 rings (SSSR count). The monoisotopic (exact) mass is 950 g/mol. The number of aromatic amines is 1. The van der Waals surface area contributed by atoms with Crippen molar-refractivity contribution in [3.05, 3.63) is 106 Å².